The number of methoxy groups -OCH3 is 2. The maximum absolute atomic E-state index is 12.4. The van der Waals surface area contributed by atoms with Crippen LogP contribution in [0.2, 0.25) is 0 Å². The molecule has 2 aromatic rings. The molecular weight excluding hydrogens is 366 g/mol. The van der Waals surface area contributed by atoms with Crippen molar-refractivity contribution in [2.75, 3.05) is 19.5 Å². The number of amides is 1. The Bertz CT molecular complexity index is 957. The molecule has 0 saturated heterocycles. The highest BCUT2D eigenvalue weighted by Crippen LogP contribution is 2.38. The third-order valence-electron chi connectivity index (χ3n) is 3.46. The number of nitriles is 2. The number of hydrogen-bond donors (Lipinski definition) is 2. The van der Waals surface area contributed by atoms with E-state index in [0.717, 1.165) is 11.8 Å². The molecular formula is C19H15N3O4S. The number of carbonyl (C=O) groups is 1. The van der Waals surface area contributed by atoms with Gasteiger partial charge >= 0.3 is 0 Å². The maximum atomic E-state index is 12.4. The Morgan fingerprint density at radius 1 is 1.19 bits per heavy atom. The summed E-state index contributed by atoms with van der Waals surface area (Å²) in [5.41, 5.74) is 0.793. The molecule has 1 amide bonds. The van der Waals surface area contributed by atoms with E-state index in [1.54, 1.807) is 24.3 Å². The molecule has 2 aromatic carbocycles. The van der Waals surface area contributed by atoms with Crippen LogP contribution >= 0.6 is 11.8 Å². The number of phenols is 1. The summed E-state index contributed by atoms with van der Waals surface area (Å²) in [4.78, 5) is 12.6. The number of thioether (sulfide) groups is 1. The highest BCUT2D eigenvalue weighted by molar-refractivity contribution is 8.03. The number of nitrogens with one attached hydrogen (secondary N) is 1. The number of rotatable bonds is 6. The van der Waals surface area contributed by atoms with Crippen LogP contribution in [0.25, 0.3) is 6.08 Å². The minimum atomic E-state index is -0.593. The topological polar surface area (TPSA) is 115 Å². The lowest BCUT2D eigenvalue weighted by molar-refractivity contribution is -0.112. The van der Waals surface area contributed by atoms with E-state index < -0.39 is 5.91 Å². The SMILES string of the molecule is COc1ccc(NC(=O)/C(C#N)=C\c2cc(OC)c(O)c(SC#N)c2)cc1. The number of nitrogens with zero attached hydrogens (tertiary/aromatic N) is 2. The van der Waals surface area contributed by atoms with Gasteiger partial charge in [-0.1, -0.05) is 0 Å². The summed E-state index contributed by atoms with van der Waals surface area (Å²) >= 11 is 0.746. The fourth-order valence-electron chi connectivity index (χ4n) is 2.16. The minimum absolute atomic E-state index is 0.134. The first-order valence-corrected chi connectivity index (χ1v) is 8.38. The third-order valence-corrected chi connectivity index (χ3v) is 4.08. The molecule has 0 heterocycles. The first kappa shape index (κ1) is 19.7. The summed E-state index contributed by atoms with van der Waals surface area (Å²) < 4.78 is 10.1. The van der Waals surface area contributed by atoms with E-state index in [2.05, 4.69) is 5.32 Å². The molecule has 0 aromatic heterocycles. The Hall–Kier alpha value is -3.62. The van der Waals surface area contributed by atoms with Gasteiger partial charge in [0, 0.05) is 5.69 Å². The number of ether oxygens (including phenoxy) is 2. The van der Waals surface area contributed by atoms with Crippen LogP contribution in [0.3, 0.4) is 0 Å². The second kappa shape index (κ2) is 9.18. The van der Waals surface area contributed by atoms with E-state index in [1.807, 2.05) is 11.5 Å². The van der Waals surface area contributed by atoms with Crippen LogP contribution in [0.4, 0.5) is 5.69 Å². The molecule has 0 bridgehead atoms. The van der Waals surface area contributed by atoms with Gasteiger partial charge in [0.2, 0.25) is 0 Å². The number of anilines is 1. The molecule has 0 unspecified atom stereocenters. The highest BCUT2D eigenvalue weighted by atomic mass is 32.2. The zero-order valence-corrected chi connectivity index (χ0v) is 15.3. The van der Waals surface area contributed by atoms with Crippen molar-refractivity contribution in [2.24, 2.45) is 0 Å². The minimum Gasteiger partial charge on any atom is -0.503 e. The number of phenolic OH excluding ortho intramolecular Hbond substituents is 1. The summed E-state index contributed by atoms with van der Waals surface area (Å²) in [6.07, 6.45) is 1.35. The molecule has 136 valence electrons. The number of aromatic hydroxyl groups is 1. The normalized spacial score (nSPS) is 10.4. The molecule has 0 atom stereocenters. The zero-order chi connectivity index (χ0) is 19.8. The Morgan fingerprint density at radius 2 is 1.89 bits per heavy atom. The van der Waals surface area contributed by atoms with Crippen LogP contribution in [0, 0.1) is 22.0 Å². The van der Waals surface area contributed by atoms with E-state index in [-0.39, 0.29) is 22.0 Å². The summed E-state index contributed by atoms with van der Waals surface area (Å²) in [5.74, 6) is 0.00342. The maximum Gasteiger partial charge on any atom is 0.266 e. The molecule has 0 fully saturated rings. The number of hydrogen-bond acceptors (Lipinski definition) is 7. The van der Waals surface area contributed by atoms with Gasteiger partial charge in [0.05, 0.1) is 19.1 Å². The Morgan fingerprint density at radius 3 is 2.44 bits per heavy atom. The number of benzene rings is 2. The summed E-state index contributed by atoms with van der Waals surface area (Å²) in [6.45, 7) is 0. The molecule has 0 aliphatic carbocycles. The van der Waals surface area contributed by atoms with Crippen LogP contribution in [0.15, 0.2) is 46.9 Å². The van der Waals surface area contributed by atoms with Crippen molar-refractivity contribution < 1.29 is 19.4 Å². The van der Waals surface area contributed by atoms with Gasteiger partial charge in [-0.25, -0.2) is 0 Å². The average molecular weight is 381 g/mol. The Balaban J connectivity index is 2.31. The van der Waals surface area contributed by atoms with Gasteiger partial charge in [0.25, 0.3) is 5.91 Å². The van der Waals surface area contributed by atoms with Gasteiger partial charge in [-0.2, -0.15) is 10.5 Å². The van der Waals surface area contributed by atoms with Gasteiger partial charge in [-0.15, -0.1) is 0 Å². The molecule has 0 radical (unpaired) electrons. The van der Waals surface area contributed by atoms with Crippen LogP contribution < -0.4 is 14.8 Å². The summed E-state index contributed by atoms with van der Waals surface area (Å²) in [6, 6.07) is 11.5. The zero-order valence-electron chi connectivity index (χ0n) is 14.5. The van der Waals surface area contributed by atoms with Crippen molar-refractivity contribution in [1.29, 1.82) is 10.5 Å². The van der Waals surface area contributed by atoms with Gasteiger partial charge in [-0.3, -0.25) is 4.79 Å². The molecule has 27 heavy (non-hydrogen) atoms. The molecule has 7 nitrogen and oxygen atoms in total. The van der Waals surface area contributed by atoms with Crippen LogP contribution in [0.5, 0.6) is 17.2 Å². The first-order valence-electron chi connectivity index (χ1n) is 7.56. The quantitative estimate of drug-likeness (QED) is 0.340. The van der Waals surface area contributed by atoms with Crippen LogP contribution in [-0.2, 0) is 4.79 Å². The third kappa shape index (κ3) is 4.94. The fraction of sp³-hybridized carbons (Fsp3) is 0.105. The summed E-state index contributed by atoms with van der Waals surface area (Å²) in [7, 11) is 2.90. The average Bonchev–Trinajstić information content (AvgIpc) is 2.68. The second-order valence-corrected chi connectivity index (χ2v) is 5.94. The van der Waals surface area contributed by atoms with Gasteiger partial charge < -0.3 is 19.9 Å². The standard InChI is InChI=1S/C19H15N3O4S/c1-25-15-5-3-14(4-6-15)22-19(24)13(10-20)7-12-8-16(26-2)18(23)17(9-12)27-11-21/h3-9,23H,1-2H3,(H,22,24)/b13-7-. The molecule has 0 spiro atoms. The second-order valence-electron chi connectivity index (χ2n) is 5.12. The lowest BCUT2D eigenvalue weighted by atomic mass is 10.1. The van der Waals surface area contributed by atoms with Gasteiger partial charge in [-0.05, 0) is 59.8 Å². The summed E-state index contributed by atoms with van der Waals surface area (Å²) in [5, 5.41) is 32.7. The number of thiocyanates is 1. The van der Waals surface area contributed by atoms with Crippen molar-refractivity contribution in [1.82, 2.24) is 0 Å². The largest absolute Gasteiger partial charge is 0.503 e. The van der Waals surface area contributed by atoms with Crippen LogP contribution in [0.1, 0.15) is 5.56 Å². The number of carbonyl (C=O) groups excluding carboxylic acids is 1. The predicted octanol–water partition coefficient (Wildman–Crippen LogP) is 3.53. The van der Waals surface area contributed by atoms with Crippen LogP contribution in [-0.4, -0.2) is 25.2 Å². The highest BCUT2D eigenvalue weighted by Gasteiger charge is 2.14. The Kier molecular flexibility index (Phi) is 6.70. The first-order chi connectivity index (χ1) is 13.0. The molecule has 8 heteroatoms. The molecule has 2 N–H and O–H groups in total. The van der Waals surface area contributed by atoms with Crippen molar-refractivity contribution in [3.05, 3.63) is 47.5 Å². The molecule has 0 saturated carbocycles. The molecule has 0 aliphatic rings. The van der Waals surface area contributed by atoms with E-state index in [0.29, 0.717) is 17.0 Å². The van der Waals surface area contributed by atoms with Crippen molar-refractivity contribution >= 4 is 29.4 Å². The lowest BCUT2D eigenvalue weighted by Crippen LogP contribution is -2.13. The van der Waals surface area contributed by atoms with E-state index in [9.17, 15) is 15.2 Å². The van der Waals surface area contributed by atoms with E-state index in [1.165, 1.54) is 32.4 Å². The molecule has 0 aliphatic heterocycles. The Labute approximate surface area is 160 Å². The van der Waals surface area contributed by atoms with Gasteiger partial charge in [0.15, 0.2) is 11.5 Å². The predicted molar refractivity (Wildman–Crippen MR) is 101 cm³/mol. The smallest absolute Gasteiger partial charge is 0.266 e. The van der Waals surface area contributed by atoms with E-state index in [4.69, 9.17) is 14.7 Å². The lowest BCUT2D eigenvalue weighted by Gasteiger charge is -2.09. The van der Waals surface area contributed by atoms with Crippen molar-refractivity contribution in [3.8, 4) is 28.7 Å². The van der Waals surface area contributed by atoms with Gasteiger partial charge in [0.1, 0.15) is 22.8 Å². The van der Waals surface area contributed by atoms with Crippen molar-refractivity contribution in [2.45, 2.75) is 4.90 Å². The van der Waals surface area contributed by atoms with Crippen molar-refractivity contribution in [3.63, 3.8) is 0 Å². The van der Waals surface area contributed by atoms with E-state index >= 15 is 0 Å². The fourth-order valence-corrected chi connectivity index (χ4v) is 2.65. The molecule has 2 rings (SSSR count). The monoisotopic (exact) mass is 381 g/mol.